The van der Waals surface area contributed by atoms with Gasteiger partial charge in [-0.25, -0.2) is 4.39 Å². The minimum absolute atomic E-state index is 0.0192. The van der Waals surface area contributed by atoms with Crippen molar-refractivity contribution in [1.29, 1.82) is 0 Å². The maximum atomic E-state index is 14.0. The zero-order valence-electron chi connectivity index (χ0n) is 15.5. The van der Waals surface area contributed by atoms with Crippen LogP contribution in [0.2, 0.25) is 0 Å². The molecule has 27 heavy (non-hydrogen) atoms. The zero-order chi connectivity index (χ0) is 19.4. The average molecular weight is 433 g/mol. The van der Waals surface area contributed by atoms with Crippen LogP contribution >= 0.6 is 15.9 Å². The number of rotatable bonds is 5. The Balaban J connectivity index is 1.80. The molecule has 1 heterocycles. The molecule has 2 aromatic rings. The molecule has 0 bridgehead atoms. The number of benzene rings is 2. The lowest BCUT2D eigenvalue weighted by Crippen LogP contribution is -2.21. The molecule has 2 aromatic carbocycles. The van der Waals surface area contributed by atoms with Gasteiger partial charge in [0.2, 0.25) is 0 Å². The standard InChI is InChI=1S/C21H22BrFN2O2/c1-15(16-5-8-20(26-2)19(23)13-16)24-9-4-10-25(12-11-24)17-6-7-18(22)21(14-17)27-3/h4-8,10-15H,9H2,1-3H3. The third kappa shape index (κ3) is 4.27. The van der Waals surface area contributed by atoms with Crippen molar-refractivity contribution in [2.24, 2.45) is 0 Å². The number of hydrogen-bond donors (Lipinski definition) is 0. The molecule has 142 valence electrons. The van der Waals surface area contributed by atoms with E-state index < -0.39 is 0 Å². The topological polar surface area (TPSA) is 24.9 Å². The second-order valence-electron chi connectivity index (χ2n) is 6.18. The van der Waals surface area contributed by atoms with Crippen molar-refractivity contribution >= 4 is 21.6 Å². The quantitative estimate of drug-likeness (QED) is 0.624. The highest BCUT2D eigenvalue weighted by atomic mass is 79.9. The maximum absolute atomic E-state index is 14.0. The Labute approximate surface area is 167 Å². The molecule has 1 aliphatic heterocycles. The van der Waals surface area contributed by atoms with Crippen molar-refractivity contribution in [3.05, 3.63) is 76.9 Å². The summed E-state index contributed by atoms with van der Waals surface area (Å²) in [7, 11) is 3.12. The summed E-state index contributed by atoms with van der Waals surface area (Å²) < 4.78 is 25.3. The van der Waals surface area contributed by atoms with Crippen molar-refractivity contribution < 1.29 is 13.9 Å². The number of ether oxygens (including phenoxy) is 2. The first-order valence-corrected chi connectivity index (χ1v) is 9.39. The monoisotopic (exact) mass is 432 g/mol. The molecule has 0 amide bonds. The minimum atomic E-state index is -0.347. The molecule has 0 aromatic heterocycles. The highest BCUT2D eigenvalue weighted by Gasteiger charge is 2.16. The molecule has 4 nitrogen and oxygen atoms in total. The van der Waals surface area contributed by atoms with E-state index in [4.69, 9.17) is 9.47 Å². The van der Waals surface area contributed by atoms with Crippen molar-refractivity contribution in [3.63, 3.8) is 0 Å². The van der Waals surface area contributed by atoms with E-state index in [-0.39, 0.29) is 17.6 Å². The molecule has 0 fully saturated rings. The van der Waals surface area contributed by atoms with Crippen molar-refractivity contribution in [2.75, 3.05) is 25.7 Å². The van der Waals surface area contributed by atoms with E-state index in [2.05, 4.69) is 33.8 Å². The predicted octanol–water partition coefficient (Wildman–Crippen LogP) is 5.47. The second-order valence-corrected chi connectivity index (χ2v) is 7.03. The summed E-state index contributed by atoms with van der Waals surface area (Å²) in [5, 5.41) is 0. The first kappa shape index (κ1) is 19.3. The van der Waals surface area contributed by atoms with Gasteiger partial charge in [-0.2, -0.15) is 0 Å². The lowest BCUT2D eigenvalue weighted by molar-refractivity contribution is 0.327. The Morgan fingerprint density at radius 3 is 2.48 bits per heavy atom. The zero-order valence-corrected chi connectivity index (χ0v) is 17.1. The number of anilines is 1. The Morgan fingerprint density at radius 2 is 1.78 bits per heavy atom. The van der Waals surface area contributed by atoms with Gasteiger partial charge in [0.05, 0.1) is 24.7 Å². The summed E-state index contributed by atoms with van der Waals surface area (Å²) in [6.45, 7) is 2.77. The van der Waals surface area contributed by atoms with E-state index in [0.29, 0.717) is 0 Å². The van der Waals surface area contributed by atoms with E-state index >= 15 is 0 Å². The van der Waals surface area contributed by atoms with Crippen molar-refractivity contribution in [1.82, 2.24) is 4.90 Å². The Kier molecular flexibility index (Phi) is 6.06. The van der Waals surface area contributed by atoms with Crippen LogP contribution in [0.1, 0.15) is 18.5 Å². The summed E-state index contributed by atoms with van der Waals surface area (Å²) in [5.74, 6) is 0.685. The van der Waals surface area contributed by atoms with Gasteiger partial charge < -0.3 is 19.3 Å². The molecule has 6 heteroatoms. The maximum Gasteiger partial charge on any atom is 0.165 e. The van der Waals surface area contributed by atoms with Gasteiger partial charge in [0.1, 0.15) is 5.75 Å². The van der Waals surface area contributed by atoms with Gasteiger partial charge in [-0.05, 0) is 58.8 Å². The fourth-order valence-electron chi connectivity index (χ4n) is 2.95. The van der Waals surface area contributed by atoms with Crippen LogP contribution in [0.5, 0.6) is 11.5 Å². The van der Waals surface area contributed by atoms with Gasteiger partial charge >= 0.3 is 0 Å². The lowest BCUT2D eigenvalue weighted by atomic mass is 10.1. The smallest absolute Gasteiger partial charge is 0.165 e. The molecule has 0 radical (unpaired) electrons. The summed E-state index contributed by atoms with van der Waals surface area (Å²) in [6, 6.07) is 11.1. The van der Waals surface area contributed by atoms with Gasteiger partial charge in [-0.15, -0.1) is 0 Å². The third-order valence-electron chi connectivity index (χ3n) is 4.59. The van der Waals surface area contributed by atoms with Gasteiger partial charge in [0.25, 0.3) is 0 Å². The van der Waals surface area contributed by atoms with Crippen LogP contribution in [0.4, 0.5) is 10.1 Å². The van der Waals surface area contributed by atoms with Crippen LogP contribution in [0, 0.1) is 5.82 Å². The van der Waals surface area contributed by atoms with E-state index in [9.17, 15) is 4.39 Å². The first-order valence-electron chi connectivity index (χ1n) is 8.59. The summed E-state index contributed by atoms with van der Waals surface area (Å²) in [4.78, 5) is 4.17. The van der Waals surface area contributed by atoms with Crippen LogP contribution < -0.4 is 14.4 Å². The van der Waals surface area contributed by atoms with Crippen LogP contribution in [-0.4, -0.2) is 25.7 Å². The minimum Gasteiger partial charge on any atom is -0.495 e. The molecule has 0 spiro atoms. The number of halogens is 2. The number of hydrogen-bond acceptors (Lipinski definition) is 4. The highest BCUT2D eigenvalue weighted by Crippen LogP contribution is 2.31. The number of methoxy groups -OCH3 is 2. The molecule has 3 rings (SSSR count). The Morgan fingerprint density at radius 1 is 1.00 bits per heavy atom. The predicted molar refractivity (Wildman–Crippen MR) is 110 cm³/mol. The Hall–Kier alpha value is -2.47. The van der Waals surface area contributed by atoms with Gasteiger partial charge in [0.15, 0.2) is 11.6 Å². The van der Waals surface area contributed by atoms with Gasteiger partial charge in [-0.1, -0.05) is 6.07 Å². The molecular formula is C21H22BrFN2O2. The van der Waals surface area contributed by atoms with E-state index in [0.717, 1.165) is 28.0 Å². The highest BCUT2D eigenvalue weighted by molar-refractivity contribution is 9.10. The third-order valence-corrected chi connectivity index (χ3v) is 5.24. The molecule has 0 saturated heterocycles. The molecule has 0 saturated carbocycles. The fraction of sp³-hybridized carbons (Fsp3) is 0.238. The first-order chi connectivity index (χ1) is 13.0. The Bertz CT molecular complexity index is 869. The van der Waals surface area contributed by atoms with Gasteiger partial charge in [-0.3, -0.25) is 0 Å². The molecule has 1 aliphatic rings. The van der Waals surface area contributed by atoms with Crippen LogP contribution in [0.3, 0.4) is 0 Å². The van der Waals surface area contributed by atoms with Crippen LogP contribution in [-0.2, 0) is 0 Å². The van der Waals surface area contributed by atoms with Crippen molar-refractivity contribution in [2.45, 2.75) is 13.0 Å². The fourth-order valence-corrected chi connectivity index (χ4v) is 3.36. The van der Waals surface area contributed by atoms with E-state index in [1.165, 1.54) is 13.2 Å². The number of nitrogens with zero attached hydrogens (tertiary/aromatic N) is 2. The van der Waals surface area contributed by atoms with E-state index in [1.54, 1.807) is 13.2 Å². The van der Waals surface area contributed by atoms with Crippen LogP contribution in [0.15, 0.2) is 65.5 Å². The summed E-state index contributed by atoms with van der Waals surface area (Å²) >= 11 is 3.47. The normalized spacial score (nSPS) is 14.9. The molecule has 1 unspecified atom stereocenters. The van der Waals surface area contributed by atoms with Crippen molar-refractivity contribution in [3.8, 4) is 11.5 Å². The van der Waals surface area contributed by atoms with E-state index in [1.807, 2.05) is 47.8 Å². The summed E-state index contributed by atoms with van der Waals surface area (Å²) in [6.07, 6.45) is 8.09. The molecular weight excluding hydrogens is 411 g/mol. The average Bonchev–Trinajstić information content (AvgIpc) is 2.94. The largest absolute Gasteiger partial charge is 0.495 e. The van der Waals surface area contributed by atoms with Crippen LogP contribution in [0.25, 0.3) is 0 Å². The lowest BCUT2D eigenvalue weighted by Gasteiger charge is -2.26. The molecule has 0 aliphatic carbocycles. The SMILES string of the molecule is COc1ccc(C(C)N2C=CN(c3ccc(Br)c(OC)c3)C=CC2)cc1F. The second kappa shape index (κ2) is 8.48. The molecule has 1 atom stereocenters. The summed E-state index contributed by atoms with van der Waals surface area (Å²) in [5.41, 5.74) is 1.89. The van der Waals surface area contributed by atoms with Gasteiger partial charge in [0, 0.05) is 36.9 Å². The molecule has 0 N–H and O–H groups in total.